The molecule has 0 unspecified atom stereocenters. The third kappa shape index (κ3) is 3.75. The van der Waals surface area contributed by atoms with Crippen LogP contribution >= 0.6 is 0 Å². The van der Waals surface area contributed by atoms with Crippen LogP contribution in [0.25, 0.3) is 22.3 Å². The van der Waals surface area contributed by atoms with Crippen LogP contribution in [0, 0.1) is 0 Å². The zero-order valence-corrected chi connectivity index (χ0v) is 15.7. The van der Waals surface area contributed by atoms with Crippen molar-refractivity contribution in [1.29, 1.82) is 0 Å². The minimum absolute atomic E-state index is 0.448. The number of rotatable bonds is 7. The van der Waals surface area contributed by atoms with Crippen LogP contribution in [0.2, 0.25) is 0 Å². The van der Waals surface area contributed by atoms with E-state index in [1.807, 2.05) is 12.1 Å². The van der Waals surface area contributed by atoms with Crippen LogP contribution in [-0.2, 0) is 13.0 Å². The molecule has 0 saturated carbocycles. The van der Waals surface area contributed by atoms with Crippen molar-refractivity contribution < 1.29 is 0 Å². The summed E-state index contributed by atoms with van der Waals surface area (Å²) in [7, 11) is 0. The summed E-state index contributed by atoms with van der Waals surface area (Å²) in [6.07, 6.45) is 6.58. The van der Waals surface area contributed by atoms with Gasteiger partial charge in [0.2, 0.25) is 0 Å². The number of benzene rings is 1. The average Bonchev–Trinajstić information content (AvgIpc) is 3.31. The lowest BCUT2D eigenvalue weighted by atomic mass is 10.2. The molecule has 0 fully saturated rings. The molecule has 6 heteroatoms. The molecule has 0 radical (unpaired) electrons. The van der Waals surface area contributed by atoms with E-state index >= 15 is 0 Å². The molecule has 138 valence electrons. The van der Waals surface area contributed by atoms with Crippen LogP contribution in [0.1, 0.15) is 31.3 Å². The van der Waals surface area contributed by atoms with E-state index in [-0.39, 0.29) is 0 Å². The van der Waals surface area contributed by atoms with Crippen molar-refractivity contribution in [3.05, 3.63) is 66.4 Å². The maximum Gasteiger partial charge on any atom is 0.182 e. The smallest absolute Gasteiger partial charge is 0.182 e. The Kier molecular flexibility index (Phi) is 4.98. The molecular formula is C21H24N6. The van der Waals surface area contributed by atoms with E-state index in [4.69, 9.17) is 0 Å². The second-order valence-electron chi connectivity index (χ2n) is 6.95. The molecule has 0 aliphatic rings. The van der Waals surface area contributed by atoms with E-state index in [1.165, 1.54) is 16.5 Å². The molecule has 3 heterocycles. The van der Waals surface area contributed by atoms with Gasteiger partial charge in [0.1, 0.15) is 5.82 Å². The van der Waals surface area contributed by atoms with E-state index in [2.05, 4.69) is 74.4 Å². The third-order valence-corrected chi connectivity index (χ3v) is 4.68. The SMILES string of the molecule is CC(C)n1cc(CNCCc2nc(-c3cccnc3)n[nH]2)c2ccccc21. The Hall–Kier alpha value is -2.99. The van der Waals surface area contributed by atoms with Crippen LogP contribution < -0.4 is 5.32 Å². The predicted octanol–water partition coefficient (Wildman–Crippen LogP) is 3.73. The molecule has 0 atom stereocenters. The monoisotopic (exact) mass is 360 g/mol. The first kappa shape index (κ1) is 17.4. The Morgan fingerprint density at radius 2 is 2.04 bits per heavy atom. The Labute approximate surface area is 158 Å². The Bertz CT molecular complexity index is 1020. The van der Waals surface area contributed by atoms with E-state index in [0.717, 1.165) is 30.9 Å². The van der Waals surface area contributed by atoms with Gasteiger partial charge in [-0.3, -0.25) is 10.1 Å². The second-order valence-corrected chi connectivity index (χ2v) is 6.95. The number of nitrogens with zero attached hydrogens (tertiary/aromatic N) is 4. The molecule has 4 aromatic rings. The van der Waals surface area contributed by atoms with Crippen molar-refractivity contribution in [3.63, 3.8) is 0 Å². The summed E-state index contributed by atoms with van der Waals surface area (Å²) < 4.78 is 2.34. The van der Waals surface area contributed by atoms with Crippen LogP contribution in [0.4, 0.5) is 0 Å². The summed E-state index contributed by atoms with van der Waals surface area (Å²) in [5.41, 5.74) is 3.54. The van der Waals surface area contributed by atoms with Gasteiger partial charge in [0.05, 0.1) is 0 Å². The number of nitrogens with one attached hydrogen (secondary N) is 2. The van der Waals surface area contributed by atoms with Gasteiger partial charge in [-0.05, 0) is 37.6 Å². The number of fused-ring (bicyclic) bond motifs is 1. The first-order valence-corrected chi connectivity index (χ1v) is 9.33. The van der Waals surface area contributed by atoms with E-state index in [0.29, 0.717) is 11.9 Å². The van der Waals surface area contributed by atoms with Crippen molar-refractivity contribution in [2.45, 2.75) is 32.9 Å². The Balaban J connectivity index is 1.37. The summed E-state index contributed by atoms with van der Waals surface area (Å²) in [4.78, 5) is 8.66. The molecule has 0 bridgehead atoms. The van der Waals surface area contributed by atoms with Crippen molar-refractivity contribution in [2.75, 3.05) is 6.54 Å². The molecule has 0 spiro atoms. The number of pyridine rings is 1. The van der Waals surface area contributed by atoms with Crippen molar-refractivity contribution in [3.8, 4) is 11.4 Å². The van der Waals surface area contributed by atoms with E-state index in [9.17, 15) is 0 Å². The van der Waals surface area contributed by atoms with Gasteiger partial charge in [0, 0.05) is 60.6 Å². The van der Waals surface area contributed by atoms with Gasteiger partial charge in [-0.15, -0.1) is 0 Å². The third-order valence-electron chi connectivity index (χ3n) is 4.68. The van der Waals surface area contributed by atoms with E-state index < -0.39 is 0 Å². The zero-order chi connectivity index (χ0) is 18.6. The van der Waals surface area contributed by atoms with Gasteiger partial charge < -0.3 is 9.88 Å². The van der Waals surface area contributed by atoms with Gasteiger partial charge in [-0.1, -0.05) is 18.2 Å². The second kappa shape index (κ2) is 7.72. The fourth-order valence-corrected chi connectivity index (χ4v) is 3.31. The van der Waals surface area contributed by atoms with Crippen molar-refractivity contribution >= 4 is 10.9 Å². The highest BCUT2D eigenvalue weighted by atomic mass is 15.2. The molecule has 4 rings (SSSR count). The van der Waals surface area contributed by atoms with Crippen LogP contribution in [-0.4, -0.2) is 31.3 Å². The molecule has 2 N–H and O–H groups in total. The fraction of sp³-hybridized carbons (Fsp3) is 0.286. The highest BCUT2D eigenvalue weighted by Gasteiger charge is 2.10. The number of hydrogen-bond acceptors (Lipinski definition) is 4. The molecule has 0 aliphatic heterocycles. The molecule has 0 saturated heterocycles. The van der Waals surface area contributed by atoms with E-state index in [1.54, 1.807) is 12.4 Å². The summed E-state index contributed by atoms with van der Waals surface area (Å²) in [5, 5.41) is 12.1. The highest BCUT2D eigenvalue weighted by molar-refractivity contribution is 5.84. The van der Waals surface area contributed by atoms with Gasteiger partial charge >= 0.3 is 0 Å². The van der Waals surface area contributed by atoms with Crippen LogP contribution in [0.3, 0.4) is 0 Å². The standard InChI is InChI=1S/C21H24N6/c1-15(2)27-14-17(18-7-3-4-8-19(18)27)13-23-11-9-20-24-21(26-25-20)16-6-5-10-22-12-16/h3-8,10,12,14-15,23H,9,11,13H2,1-2H3,(H,24,25,26). The van der Waals surface area contributed by atoms with Gasteiger partial charge in [0.15, 0.2) is 5.82 Å². The summed E-state index contributed by atoms with van der Waals surface area (Å²) in [6.45, 7) is 6.10. The minimum atomic E-state index is 0.448. The summed E-state index contributed by atoms with van der Waals surface area (Å²) in [6, 6.07) is 12.9. The topological polar surface area (TPSA) is 71.4 Å². The quantitative estimate of drug-likeness (QED) is 0.493. The highest BCUT2D eigenvalue weighted by Crippen LogP contribution is 2.24. The van der Waals surface area contributed by atoms with Crippen LogP contribution in [0.5, 0.6) is 0 Å². The Morgan fingerprint density at radius 1 is 1.15 bits per heavy atom. The van der Waals surface area contributed by atoms with Gasteiger partial charge in [-0.25, -0.2) is 4.98 Å². The number of H-pyrrole nitrogens is 1. The lowest BCUT2D eigenvalue weighted by molar-refractivity contribution is 0.616. The maximum atomic E-state index is 4.55. The van der Waals surface area contributed by atoms with Gasteiger partial charge in [-0.2, -0.15) is 5.10 Å². The molecule has 6 nitrogen and oxygen atoms in total. The van der Waals surface area contributed by atoms with Gasteiger partial charge in [0.25, 0.3) is 0 Å². The lowest BCUT2D eigenvalue weighted by Crippen LogP contribution is -2.17. The largest absolute Gasteiger partial charge is 0.345 e. The predicted molar refractivity (Wildman–Crippen MR) is 107 cm³/mol. The van der Waals surface area contributed by atoms with Crippen LogP contribution in [0.15, 0.2) is 55.0 Å². The van der Waals surface area contributed by atoms with Crippen molar-refractivity contribution in [2.24, 2.45) is 0 Å². The molecular weight excluding hydrogens is 336 g/mol. The number of para-hydroxylation sites is 1. The lowest BCUT2D eigenvalue weighted by Gasteiger charge is -2.08. The minimum Gasteiger partial charge on any atom is -0.345 e. The van der Waals surface area contributed by atoms with Crippen molar-refractivity contribution in [1.82, 2.24) is 30.0 Å². The average molecular weight is 360 g/mol. The fourth-order valence-electron chi connectivity index (χ4n) is 3.31. The molecule has 27 heavy (non-hydrogen) atoms. The maximum absolute atomic E-state index is 4.55. The Morgan fingerprint density at radius 3 is 2.85 bits per heavy atom. The number of aromatic nitrogens is 5. The molecule has 3 aromatic heterocycles. The molecule has 0 aliphatic carbocycles. The summed E-state index contributed by atoms with van der Waals surface area (Å²) in [5.74, 6) is 1.57. The summed E-state index contributed by atoms with van der Waals surface area (Å²) >= 11 is 0. The normalized spacial score (nSPS) is 11.5. The molecule has 1 aromatic carbocycles. The zero-order valence-electron chi connectivity index (χ0n) is 15.7. The molecule has 0 amide bonds. The first-order valence-electron chi connectivity index (χ1n) is 9.33. The first-order chi connectivity index (χ1) is 13.2. The number of aromatic amines is 1. The number of hydrogen-bond donors (Lipinski definition) is 2.